The molecule has 0 atom stereocenters. The number of nitrogens with one attached hydrogen (secondary N) is 2. The normalized spacial score (nSPS) is 15.4. The van der Waals surface area contributed by atoms with Crippen LogP contribution in [0.3, 0.4) is 0 Å². The van der Waals surface area contributed by atoms with Gasteiger partial charge in [-0.05, 0) is 49.2 Å². The molecule has 0 spiro atoms. The Bertz CT molecular complexity index is 1210. The summed E-state index contributed by atoms with van der Waals surface area (Å²) in [6.07, 6.45) is 6.35. The third kappa shape index (κ3) is 5.57. The molecule has 3 heterocycles. The average molecular weight is 524 g/mol. The van der Waals surface area contributed by atoms with Crippen LogP contribution in [0.25, 0.3) is 33.9 Å². The topological polar surface area (TPSA) is 93.5 Å². The summed E-state index contributed by atoms with van der Waals surface area (Å²) in [6, 6.07) is 12.3. The quantitative estimate of drug-likeness (QED) is 0.413. The zero-order valence-corrected chi connectivity index (χ0v) is 22.1. The molecule has 0 saturated carbocycles. The predicted octanol–water partition coefficient (Wildman–Crippen LogP) is 3.80. The lowest BCUT2D eigenvalue weighted by molar-refractivity contribution is 0.277. The number of aliphatic hydroxyl groups excluding tert-OH is 1. The maximum Gasteiger partial charge on any atom is 0.164 e. The van der Waals surface area contributed by atoms with E-state index in [9.17, 15) is 5.11 Å². The van der Waals surface area contributed by atoms with Gasteiger partial charge in [0.25, 0.3) is 0 Å². The number of ether oxygens (including phenoxy) is 2. The zero-order chi connectivity index (χ0) is 24.9. The number of aliphatic hydroxyl groups is 1. The number of nitrogens with zero attached hydrogens (tertiary/aromatic N) is 3. The minimum absolute atomic E-state index is 0. The molecule has 0 unspecified atom stereocenters. The second kappa shape index (κ2) is 12.4. The van der Waals surface area contributed by atoms with Gasteiger partial charge in [0, 0.05) is 41.9 Å². The summed E-state index contributed by atoms with van der Waals surface area (Å²) in [5, 5.41) is 25.6. The number of rotatable bonds is 8. The second-order valence-electron chi connectivity index (χ2n) is 8.92. The number of hydrogen-bond acceptors (Lipinski definition) is 7. The molecule has 196 valence electrons. The van der Waals surface area contributed by atoms with Gasteiger partial charge in [-0.2, -0.15) is 0 Å². The minimum Gasteiger partial charge on any atom is -0.496 e. The van der Waals surface area contributed by atoms with Crippen LogP contribution in [0.15, 0.2) is 48.6 Å². The minimum atomic E-state index is -0.0255. The summed E-state index contributed by atoms with van der Waals surface area (Å²) in [5.41, 5.74) is 6.55. The first-order valence-corrected chi connectivity index (χ1v) is 12.4. The summed E-state index contributed by atoms with van der Waals surface area (Å²) < 4.78 is 13.5. The zero-order valence-electron chi connectivity index (χ0n) is 21.3. The van der Waals surface area contributed by atoms with Crippen molar-refractivity contribution in [3.63, 3.8) is 0 Å². The van der Waals surface area contributed by atoms with Crippen LogP contribution < -0.4 is 20.1 Å². The van der Waals surface area contributed by atoms with Crippen LogP contribution in [-0.2, 0) is 6.54 Å². The van der Waals surface area contributed by atoms with Gasteiger partial charge in [0.1, 0.15) is 11.5 Å². The Morgan fingerprint density at radius 3 is 1.68 bits per heavy atom. The Balaban J connectivity index is 0.00000320. The molecule has 0 bridgehead atoms. The van der Waals surface area contributed by atoms with Crippen molar-refractivity contribution in [3.8, 4) is 34.3 Å². The van der Waals surface area contributed by atoms with Gasteiger partial charge in [-0.25, -0.2) is 0 Å². The van der Waals surface area contributed by atoms with E-state index in [0.717, 1.165) is 72.8 Å². The SMILES string of the molecule is COc1cc(-c2nnc(-c3ccc(C4=CCNCC4)c(OC)c3)n2CCO)ccc1C1=CCNCC1.Cl. The van der Waals surface area contributed by atoms with Crippen LogP contribution in [0.2, 0.25) is 0 Å². The van der Waals surface area contributed by atoms with Gasteiger partial charge >= 0.3 is 0 Å². The summed E-state index contributed by atoms with van der Waals surface area (Å²) in [7, 11) is 3.39. The summed E-state index contributed by atoms with van der Waals surface area (Å²) >= 11 is 0. The number of benzene rings is 2. The fourth-order valence-electron chi connectivity index (χ4n) is 4.97. The standard InChI is InChI=1S/C28H33N5O3.ClH/c1-35-25-17-21(3-5-23(25)19-7-11-29-12-8-19)27-31-32-28(33(27)15-16-34)22-4-6-24(26(18-22)36-2)20-9-13-30-14-10-20;/h3-7,9,17-18,29-30,34H,8,10-16H2,1-2H3;1H. The fraction of sp³-hybridized carbons (Fsp3) is 0.357. The van der Waals surface area contributed by atoms with Crippen LogP contribution in [0.1, 0.15) is 24.0 Å². The first-order valence-electron chi connectivity index (χ1n) is 12.4. The highest BCUT2D eigenvalue weighted by molar-refractivity contribution is 5.85. The lowest BCUT2D eigenvalue weighted by Gasteiger charge is -2.18. The van der Waals surface area contributed by atoms with Gasteiger partial charge in [-0.3, -0.25) is 0 Å². The third-order valence-electron chi connectivity index (χ3n) is 6.81. The lowest BCUT2D eigenvalue weighted by atomic mass is 9.97. The summed E-state index contributed by atoms with van der Waals surface area (Å²) in [5.74, 6) is 2.99. The molecular formula is C28H34ClN5O3. The molecule has 1 aromatic heterocycles. The maximum absolute atomic E-state index is 9.86. The van der Waals surface area contributed by atoms with E-state index in [2.05, 4.69) is 57.2 Å². The first-order chi connectivity index (χ1) is 17.7. The van der Waals surface area contributed by atoms with Crippen LogP contribution in [0.4, 0.5) is 0 Å². The number of hydrogen-bond donors (Lipinski definition) is 3. The molecule has 2 aliphatic rings. The van der Waals surface area contributed by atoms with Gasteiger partial charge in [0.15, 0.2) is 11.6 Å². The van der Waals surface area contributed by atoms with Gasteiger partial charge in [0.2, 0.25) is 0 Å². The molecule has 2 aliphatic heterocycles. The van der Waals surface area contributed by atoms with E-state index >= 15 is 0 Å². The number of halogens is 1. The van der Waals surface area contributed by atoms with Crippen molar-refractivity contribution in [1.82, 2.24) is 25.4 Å². The highest BCUT2D eigenvalue weighted by Gasteiger charge is 2.20. The Morgan fingerprint density at radius 2 is 1.30 bits per heavy atom. The molecule has 0 aliphatic carbocycles. The molecule has 3 N–H and O–H groups in total. The molecule has 0 amide bonds. The summed E-state index contributed by atoms with van der Waals surface area (Å²) in [4.78, 5) is 0. The van der Waals surface area contributed by atoms with E-state index in [0.29, 0.717) is 18.2 Å². The highest BCUT2D eigenvalue weighted by atomic mass is 35.5. The molecule has 5 rings (SSSR count). The van der Waals surface area contributed by atoms with Gasteiger partial charge in [-0.15, -0.1) is 22.6 Å². The maximum atomic E-state index is 9.86. The Hall–Kier alpha value is -3.17. The van der Waals surface area contributed by atoms with Crippen LogP contribution in [0, 0.1) is 0 Å². The van der Waals surface area contributed by atoms with Gasteiger partial charge in [0.05, 0.1) is 20.8 Å². The van der Waals surface area contributed by atoms with Crippen LogP contribution >= 0.6 is 12.4 Å². The Kier molecular flexibility index (Phi) is 9.00. The van der Waals surface area contributed by atoms with Crippen molar-refractivity contribution in [1.29, 1.82) is 0 Å². The van der Waals surface area contributed by atoms with E-state index < -0.39 is 0 Å². The molecule has 0 radical (unpaired) electrons. The molecule has 37 heavy (non-hydrogen) atoms. The van der Waals surface area contributed by atoms with Gasteiger partial charge < -0.3 is 29.8 Å². The molecule has 2 aromatic carbocycles. The van der Waals surface area contributed by atoms with Crippen LogP contribution in [-0.4, -0.2) is 66.9 Å². The summed E-state index contributed by atoms with van der Waals surface area (Å²) in [6.45, 7) is 4.00. The average Bonchev–Trinajstić information content (AvgIpc) is 3.37. The molecule has 0 saturated heterocycles. The van der Waals surface area contributed by atoms with E-state index in [1.165, 1.54) is 11.1 Å². The van der Waals surface area contributed by atoms with Crippen molar-refractivity contribution in [2.24, 2.45) is 0 Å². The molecule has 0 fully saturated rings. The molecule has 8 nitrogen and oxygen atoms in total. The van der Waals surface area contributed by atoms with Gasteiger partial charge in [-0.1, -0.05) is 36.4 Å². The van der Waals surface area contributed by atoms with Crippen molar-refractivity contribution in [3.05, 3.63) is 59.7 Å². The predicted molar refractivity (Wildman–Crippen MR) is 149 cm³/mol. The van der Waals surface area contributed by atoms with Crippen molar-refractivity contribution < 1.29 is 14.6 Å². The fourth-order valence-corrected chi connectivity index (χ4v) is 4.97. The Morgan fingerprint density at radius 1 is 0.811 bits per heavy atom. The van der Waals surface area contributed by atoms with E-state index in [-0.39, 0.29) is 19.0 Å². The second-order valence-corrected chi connectivity index (χ2v) is 8.92. The molecule has 9 heteroatoms. The van der Waals surface area contributed by atoms with Crippen molar-refractivity contribution in [2.45, 2.75) is 19.4 Å². The van der Waals surface area contributed by atoms with E-state index in [1.54, 1.807) is 14.2 Å². The van der Waals surface area contributed by atoms with Crippen LogP contribution in [0.5, 0.6) is 11.5 Å². The Labute approximate surface area is 223 Å². The largest absolute Gasteiger partial charge is 0.496 e. The highest BCUT2D eigenvalue weighted by Crippen LogP contribution is 2.36. The van der Waals surface area contributed by atoms with E-state index in [1.807, 2.05) is 16.7 Å². The molecule has 3 aromatic rings. The van der Waals surface area contributed by atoms with E-state index in [4.69, 9.17) is 9.47 Å². The third-order valence-corrected chi connectivity index (χ3v) is 6.81. The monoisotopic (exact) mass is 523 g/mol. The number of methoxy groups -OCH3 is 2. The lowest BCUT2D eigenvalue weighted by Crippen LogP contribution is -2.20. The smallest absolute Gasteiger partial charge is 0.164 e. The van der Waals surface area contributed by atoms with Crippen molar-refractivity contribution >= 4 is 23.6 Å². The van der Waals surface area contributed by atoms with Crippen molar-refractivity contribution in [2.75, 3.05) is 47.0 Å². The molecular weight excluding hydrogens is 490 g/mol. The first kappa shape index (κ1) is 26.9. The number of aromatic nitrogens is 3.